The Balaban J connectivity index is 1.44. The van der Waals surface area contributed by atoms with E-state index in [1.54, 1.807) is 24.3 Å². The average Bonchev–Trinajstić information content (AvgIpc) is 3.28. The number of anilines is 2. The number of rotatable bonds is 5. The fourth-order valence-corrected chi connectivity index (χ4v) is 5.82. The van der Waals surface area contributed by atoms with Crippen LogP contribution < -0.4 is 14.5 Å². The minimum absolute atomic E-state index is 0.146. The lowest BCUT2D eigenvalue weighted by atomic mass is 10.1. The van der Waals surface area contributed by atoms with E-state index >= 15 is 0 Å². The van der Waals surface area contributed by atoms with Gasteiger partial charge in [-0.3, -0.25) is 9.10 Å². The maximum Gasteiger partial charge on any atom is 0.251 e. The predicted molar refractivity (Wildman–Crippen MR) is 121 cm³/mol. The quantitative estimate of drug-likeness (QED) is 0.790. The van der Waals surface area contributed by atoms with Crippen molar-refractivity contribution < 1.29 is 13.2 Å². The molecule has 0 radical (unpaired) electrons. The van der Waals surface area contributed by atoms with E-state index < -0.39 is 10.0 Å². The van der Waals surface area contributed by atoms with Crippen molar-refractivity contribution in [2.75, 3.05) is 34.6 Å². The van der Waals surface area contributed by atoms with Crippen molar-refractivity contribution in [3.8, 4) is 0 Å². The number of hydrogen-bond donors (Lipinski definition) is 1. The highest BCUT2D eigenvalue weighted by atomic mass is 32.2. The zero-order valence-electron chi connectivity index (χ0n) is 17.4. The number of sulfonamides is 1. The molecular formula is C23H29N3O3S. The lowest BCUT2D eigenvalue weighted by Gasteiger charge is -2.28. The third-order valence-corrected chi connectivity index (χ3v) is 7.83. The van der Waals surface area contributed by atoms with Crippen molar-refractivity contribution in [2.45, 2.75) is 38.6 Å². The molecule has 0 spiro atoms. The molecule has 0 bridgehead atoms. The normalized spacial score (nSPS) is 19.5. The van der Waals surface area contributed by atoms with Crippen LogP contribution in [-0.4, -0.2) is 39.7 Å². The lowest BCUT2D eigenvalue weighted by molar-refractivity contribution is 0.0940. The van der Waals surface area contributed by atoms with Crippen molar-refractivity contribution in [1.29, 1.82) is 0 Å². The number of hydrogen-bond acceptors (Lipinski definition) is 4. The Morgan fingerprint density at radius 2 is 1.63 bits per heavy atom. The first kappa shape index (κ1) is 20.7. The first-order valence-corrected chi connectivity index (χ1v) is 12.3. The largest absolute Gasteiger partial charge is 0.372 e. The van der Waals surface area contributed by atoms with Crippen LogP contribution >= 0.6 is 0 Å². The second-order valence-electron chi connectivity index (χ2n) is 8.13. The van der Waals surface area contributed by atoms with Gasteiger partial charge >= 0.3 is 0 Å². The van der Waals surface area contributed by atoms with E-state index in [0.717, 1.165) is 25.1 Å². The summed E-state index contributed by atoms with van der Waals surface area (Å²) in [4.78, 5) is 15.2. The van der Waals surface area contributed by atoms with Gasteiger partial charge in [0.1, 0.15) is 0 Å². The van der Waals surface area contributed by atoms with Gasteiger partial charge in [0.2, 0.25) is 10.0 Å². The van der Waals surface area contributed by atoms with Crippen LogP contribution in [0.25, 0.3) is 0 Å². The Bertz CT molecular complexity index is 999. The fourth-order valence-electron chi connectivity index (χ4n) is 4.19. The van der Waals surface area contributed by atoms with Crippen LogP contribution in [0.3, 0.4) is 0 Å². The number of benzene rings is 2. The van der Waals surface area contributed by atoms with E-state index in [2.05, 4.69) is 34.5 Å². The Kier molecular flexibility index (Phi) is 5.99. The highest BCUT2D eigenvalue weighted by molar-refractivity contribution is 7.92. The molecule has 0 saturated carbocycles. The molecule has 2 aromatic carbocycles. The summed E-state index contributed by atoms with van der Waals surface area (Å²) < 4.78 is 26.2. The maximum absolute atomic E-state index is 12.8. The molecule has 2 aliphatic rings. The molecule has 4 rings (SSSR count). The van der Waals surface area contributed by atoms with Gasteiger partial charge in [0.05, 0.1) is 17.5 Å². The summed E-state index contributed by atoms with van der Waals surface area (Å²) in [6.45, 7) is 4.64. The van der Waals surface area contributed by atoms with Crippen molar-refractivity contribution in [1.82, 2.24) is 5.32 Å². The van der Waals surface area contributed by atoms with Gasteiger partial charge in [-0.1, -0.05) is 18.2 Å². The van der Waals surface area contributed by atoms with Crippen LogP contribution in [0.15, 0.2) is 48.5 Å². The molecule has 1 amide bonds. The molecule has 1 atom stereocenters. The summed E-state index contributed by atoms with van der Waals surface area (Å²) in [5.74, 6) is -0.0455. The zero-order valence-corrected chi connectivity index (χ0v) is 18.2. The number of nitrogens with zero attached hydrogens (tertiary/aromatic N) is 2. The fraction of sp³-hybridized carbons (Fsp3) is 0.435. The van der Waals surface area contributed by atoms with Crippen LogP contribution in [-0.2, 0) is 10.0 Å². The van der Waals surface area contributed by atoms with Gasteiger partial charge < -0.3 is 10.2 Å². The lowest BCUT2D eigenvalue weighted by Crippen LogP contribution is -2.38. The Morgan fingerprint density at radius 3 is 2.33 bits per heavy atom. The van der Waals surface area contributed by atoms with Crippen LogP contribution in [0, 0.1) is 0 Å². The molecule has 6 nitrogen and oxygen atoms in total. The molecule has 2 aliphatic heterocycles. The molecule has 0 aliphatic carbocycles. The number of amides is 1. The molecule has 7 heteroatoms. The van der Waals surface area contributed by atoms with Crippen molar-refractivity contribution in [3.63, 3.8) is 0 Å². The number of nitrogens with one attached hydrogen (secondary N) is 1. The smallest absolute Gasteiger partial charge is 0.251 e. The Hall–Kier alpha value is -2.54. The summed E-state index contributed by atoms with van der Waals surface area (Å²) in [7, 11) is -3.30. The van der Waals surface area contributed by atoms with Gasteiger partial charge in [0.25, 0.3) is 5.91 Å². The number of carbonyl (C=O) groups is 1. The number of carbonyl (C=O) groups excluding carboxylic acids is 1. The van der Waals surface area contributed by atoms with Gasteiger partial charge in [0.15, 0.2) is 0 Å². The summed E-state index contributed by atoms with van der Waals surface area (Å²) in [5.41, 5.74) is 3.30. The van der Waals surface area contributed by atoms with Crippen LogP contribution in [0.5, 0.6) is 0 Å². The highest BCUT2D eigenvalue weighted by Crippen LogP contribution is 2.25. The molecule has 2 heterocycles. The minimum atomic E-state index is -3.30. The zero-order chi connectivity index (χ0) is 21.1. The van der Waals surface area contributed by atoms with Crippen molar-refractivity contribution in [2.24, 2.45) is 0 Å². The molecule has 160 valence electrons. The average molecular weight is 428 g/mol. The third kappa shape index (κ3) is 4.46. The molecule has 0 unspecified atom stereocenters. The first-order valence-electron chi connectivity index (χ1n) is 10.7. The SMILES string of the molecule is C[C@H](NC(=O)c1cccc(N2CCCCS2(=O)=O)c1)c1ccc(N2CCCC2)cc1. The van der Waals surface area contributed by atoms with E-state index in [9.17, 15) is 13.2 Å². The van der Waals surface area contributed by atoms with Gasteiger partial charge in [-0.2, -0.15) is 0 Å². The molecule has 30 heavy (non-hydrogen) atoms. The topological polar surface area (TPSA) is 69.7 Å². The van der Waals surface area contributed by atoms with Crippen LogP contribution in [0.4, 0.5) is 11.4 Å². The molecule has 2 fully saturated rings. The monoisotopic (exact) mass is 427 g/mol. The van der Waals surface area contributed by atoms with Crippen LogP contribution in [0.2, 0.25) is 0 Å². The summed E-state index contributed by atoms with van der Waals surface area (Å²) in [6.07, 6.45) is 4.01. The molecule has 0 aromatic heterocycles. The van der Waals surface area contributed by atoms with Crippen LogP contribution in [0.1, 0.15) is 54.6 Å². The van der Waals surface area contributed by atoms with E-state index in [1.165, 1.54) is 22.8 Å². The first-order chi connectivity index (χ1) is 14.4. The molecule has 1 N–H and O–H groups in total. The highest BCUT2D eigenvalue weighted by Gasteiger charge is 2.26. The summed E-state index contributed by atoms with van der Waals surface area (Å²) >= 11 is 0. The van der Waals surface area contributed by atoms with Crippen molar-refractivity contribution in [3.05, 3.63) is 59.7 Å². The molecule has 2 aromatic rings. The third-order valence-electron chi connectivity index (χ3n) is 5.96. The van der Waals surface area contributed by atoms with E-state index in [-0.39, 0.29) is 17.7 Å². The molecular weight excluding hydrogens is 398 g/mol. The van der Waals surface area contributed by atoms with Gasteiger partial charge in [0, 0.05) is 30.9 Å². The molecule has 2 saturated heterocycles. The predicted octanol–water partition coefficient (Wildman–Crippen LogP) is 3.71. The summed E-state index contributed by atoms with van der Waals surface area (Å²) in [5, 5.41) is 3.03. The second-order valence-corrected chi connectivity index (χ2v) is 10.1. The van der Waals surface area contributed by atoms with Gasteiger partial charge in [-0.05, 0) is 68.5 Å². The van der Waals surface area contributed by atoms with Gasteiger partial charge in [-0.25, -0.2) is 8.42 Å². The van der Waals surface area contributed by atoms with E-state index in [4.69, 9.17) is 0 Å². The Labute approximate surface area is 178 Å². The standard InChI is InChI=1S/C23H29N3O3S/c1-18(19-9-11-21(12-10-19)25-13-2-3-14-25)24-23(27)20-7-6-8-22(17-20)26-15-4-5-16-30(26,28)29/h6-12,17-18H,2-5,13-16H2,1H3,(H,24,27)/t18-/m0/s1. The second kappa shape index (κ2) is 8.68. The maximum atomic E-state index is 12.8. The van der Waals surface area contributed by atoms with E-state index in [1.807, 2.05) is 6.92 Å². The van der Waals surface area contributed by atoms with Gasteiger partial charge in [-0.15, -0.1) is 0 Å². The van der Waals surface area contributed by atoms with Crippen molar-refractivity contribution >= 4 is 27.3 Å². The Morgan fingerprint density at radius 1 is 0.933 bits per heavy atom. The minimum Gasteiger partial charge on any atom is -0.372 e. The summed E-state index contributed by atoms with van der Waals surface area (Å²) in [6, 6.07) is 15.1. The van der Waals surface area contributed by atoms with E-state index in [0.29, 0.717) is 24.2 Å².